The molecule has 0 radical (unpaired) electrons. The highest BCUT2D eigenvalue weighted by atomic mass is 16.5. The van der Waals surface area contributed by atoms with Crippen molar-refractivity contribution in [1.82, 2.24) is 0 Å². The van der Waals surface area contributed by atoms with Gasteiger partial charge < -0.3 is 9.84 Å². The second-order valence-corrected chi connectivity index (χ2v) is 8.28. The van der Waals surface area contributed by atoms with Crippen molar-refractivity contribution in [2.45, 2.75) is 90.4 Å². The Morgan fingerprint density at radius 2 is 1.80 bits per heavy atom. The van der Waals surface area contributed by atoms with Crippen molar-refractivity contribution in [3.05, 3.63) is 36.5 Å². The summed E-state index contributed by atoms with van der Waals surface area (Å²) in [4.78, 5) is 0. The fourth-order valence-corrected chi connectivity index (χ4v) is 4.42. The van der Waals surface area contributed by atoms with Gasteiger partial charge in [-0.15, -0.1) is 6.58 Å². The molecule has 4 fully saturated rings. The Kier molecular flexibility index (Phi) is 7.96. The van der Waals surface area contributed by atoms with E-state index in [9.17, 15) is 5.11 Å². The SMILES string of the molecule is C=C(C)/C(C)=C/C1CCC(O)CC1.C=CC(CC)C1CCC2CC1O2. The van der Waals surface area contributed by atoms with Crippen LogP contribution in [0.5, 0.6) is 0 Å². The Labute approximate surface area is 155 Å². The normalized spacial score (nSPS) is 35.7. The van der Waals surface area contributed by atoms with Gasteiger partial charge >= 0.3 is 0 Å². The minimum atomic E-state index is -0.0465. The van der Waals surface area contributed by atoms with Gasteiger partial charge in [-0.25, -0.2) is 0 Å². The fraction of sp³-hybridized carbons (Fsp3) is 0.739. The van der Waals surface area contributed by atoms with E-state index in [1.807, 2.05) is 6.92 Å². The summed E-state index contributed by atoms with van der Waals surface area (Å²) < 4.78 is 5.72. The lowest BCUT2D eigenvalue weighted by Gasteiger charge is -2.48. The van der Waals surface area contributed by atoms with Crippen LogP contribution in [0, 0.1) is 17.8 Å². The summed E-state index contributed by atoms with van der Waals surface area (Å²) in [6, 6.07) is 0. The predicted octanol–water partition coefficient (Wildman–Crippen LogP) is 5.83. The van der Waals surface area contributed by atoms with Crippen molar-refractivity contribution < 1.29 is 9.84 Å². The van der Waals surface area contributed by atoms with Crippen LogP contribution in [-0.4, -0.2) is 23.4 Å². The number of hydrogen-bond acceptors (Lipinski definition) is 2. The summed E-state index contributed by atoms with van der Waals surface area (Å²) in [5, 5.41) is 9.33. The zero-order chi connectivity index (χ0) is 18.4. The molecule has 25 heavy (non-hydrogen) atoms. The lowest BCUT2D eigenvalue weighted by atomic mass is 9.72. The number of fused-ring (bicyclic) bond motifs is 2. The summed E-state index contributed by atoms with van der Waals surface area (Å²) in [7, 11) is 0. The third-order valence-corrected chi connectivity index (χ3v) is 6.39. The van der Waals surface area contributed by atoms with E-state index < -0.39 is 0 Å². The van der Waals surface area contributed by atoms with Crippen molar-refractivity contribution in [2.24, 2.45) is 17.8 Å². The Bertz CT molecular complexity index is 462. The third kappa shape index (κ3) is 5.82. The van der Waals surface area contributed by atoms with Gasteiger partial charge in [-0.2, -0.15) is 0 Å². The molecule has 4 atom stereocenters. The minimum Gasteiger partial charge on any atom is -0.393 e. The summed E-state index contributed by atoms with van der Waals surface area (Å²) >= 11 is 0. The van der Waals surface area contributed by atoms with Crippen LogP contribution in [-0.2, 0) is 4.74 Å². The van der Waals surface area contributed by atoms with Gasteiger partial charge in [0.2, 0.25) is 0 Å². The maximum Gasteiger partial charge on any atom is 0.0637 e. The molecule has 0 spiro atoms. The molecule has 4 unspecified atom stereocenters. The first-order valence-electron chi connectivity index (χ1n) is 10.2. The van der Waals surface area contributed by atoms with Crippen molar-refractivity contribution in [1.29, 1.82) is 0 Å². The molecule has 0 aromatic rings. The standard InChI is InChI=1S/C12H20O.C11H18O/c1-9(2)10(3)8-11-4-6-12(13)7-5-11;1-3-8(4-2)10-6-5-9-7-11(10)12-9/h8,11-13H,1,4-7H2,2-3H3;3,8-11H,1,4-7H2,2H3/b10-8+;. The molecule has 2 heterocycles. The number of hydrogen-bond donors (Lipinski definition) is 1. The van der Waals surface area contributed by atoms with E-state index in [0.29, 0.717) is 24.0 Å². The van der Waals surface area contributed by atoms with Gasteiger partial charge in [-0.1, -0.05) is 36.8 Å². The van der Waals surface area contributed by atoms with Gasteiger partial charge in [0.15, 0.2) is 0 Å². The van der Waals surface area contributed by atoms with E-state index >= 15 is 0 Å². The summed E-state index contributed by atoms with van der Waals surface area (Å²) in [6.45, 7) is 14.2. The van der Waals surface area contributed by atoms with Crippen molar-refractivity contribution in [3.63, 3.8) is 0 Å². The number of aliphatic hydroxyl groups excluding tert-OH is 1. The maximum atomic E-state index is 9.33. The molecule has 2 heteroatoms. The smallest absolute Gasteiger partial charge is 0.0637 e. The average molecular weight is 347 g/mol. The highest BCUT2D eigenvalue weighted by molar-refractivity contribution is 5.24. The van der Waals surface area contributed by atoms with Gasteiger partial charge in [0, 0.05) is 6.42 Å². The molecule has 1 N–H and O–H groups in total. The molecular weight excluding hydrogens is 308 g/mol. The summed E-state index contributed by atoms with van der Waals surface area (Å²) in [5.41, 5.74) is 2.47. The quantitative estimate of drug-likeness (QED) is 0.501. The van der Waals surface area contributed by atoms with E-state index in [-0.39, 0.29) is 6.10 Å². The van der Waals surface area contributed by atoms with Crippen LogP contribution in [0.2, 0.25) is 0 Å². The van der Waals surface area contributed by atoms with Crippen LogP contribution in [0.25, 0.3) is 0 Å². The van der Waals surface area contributed by atoms with E-state index in [2.05, 4.69) is 39.2 Å². The van der Waals surface area contributed by atoms with Crippen LogP contribution in [0.15, 0.2) is 36.5 Å². The number of aliphatic hydroxyl groups is 1. The monoisotopic (exact) mass is 346 g/mol. The van der Waals surface area contributed by atoms with Crippen molar-refractivity contribution in [3.8, 4) is 0 Å². The average Bonchev–Trinajstić information content (AvgIpc) is 2.58. The molecule has 2 saturated heterocycles. The number of rotatable bonds is 5. The molecule has 142 valence electrons. The topological polar surface area (TPSA) is 29.5 Å². The van der Waals surface area contributed by atoms with E-state index in [4.69, 9.17) is 4.74 Å². The molecule has 0 aromatic heterocycles. The van der Waals surface area contributed by atoms with E-state index in [1.165, 1.54) is 31.3 Å². The van der Waals surface area contributed by atoms with Gasteiger partial charge in [0.1, 0.15) is 0 Å². The Hall–Kier alpha value is -0.860. The number of ether oxygens (including phenoxy) is 1. The second-order valence-electron chi connectivity index (χ2n) is 8.28. The second kappa shape index (κ2) is 9.73. The van der Waals surface area contributed by atoms with Crippen molar-refractivity contribution >= 4 is 0 Å². The molecule has 0 amide bonds. The molecule has 0 aromatic carbocycles. The molecule has 2 saturated carbocycles. The molecule has 2 bridgehead atoms. The van der Waals surface area contributed by atoms with Gasteiger partial charge in [0.05, 0.1) is 18.3 Å². The van der Waals surface area contributed by atoms with Gasteiger partial charge in [0.25, 0.3) is 0 Å². The zero-order valence-corrected chi connectivity index (χ0v) is 16.5. The first kappa shape index (κ1) is 20.5. The molecular formula is C23H38O2. The van der Waals surface area contributed by atoms with Crippen LogP contribution in [0.4, 0.5) is 0 Å². The molecule has 2 aliphatic carbocycles. The fourth-order valence-electron chi connectivity index (χ4n) is 4.42. The van der Waals surface area contributed by atoms with Gasteiger partial charge in [-0.05, 0) is 76.5 Å². The lowest BCUT2D eigenvalue weighted by Crippen LogP contribution is -2.49. The molecule has 4 rings (SSSR count). The zero-order valence-electron chi connectivity index (χ0n) is 16.5. The van der Waals surface area contributed by atoms with Gasteiger partial charge in [-0.3, -0.25) is 0 Å². The van der Waals surface area contributed by atoms with E-state index in [0.717, 1.165) is 37.2 Å². The first-order chi connectivity index (χ1) is 11.9. The Morgan fingerprint density at radius 1 is 1.16 bits per heavy atom. The van der Waals surface area contributed by atoms with E-state index in [1.54, 1.807) is 0 Å². The maximum absolute atomic E-state index is 9.33. The Morgan fingerprint density at radius 3 is 2.24 bits per heavy atom. The largest absolute Gasteiger partial charge is 0.393 e. The minimum absolute atomic E-state index is 0.0465. The highest BCUT2D eigenvalue weighted by Gasteiger charge is 2.43. The highest BCUT2D eigenvalue weighted by Crippen LogP contribution is 2.43. The molecule has 2 aliphatic heterocycles. The lowest BCUT2D eigenvalue weighted by molar-refractivity contribution is -0.192. The molecule has 2 nitrogen and oxygen atoms in total. The van der Waals surface area contributed by atoms with Crippen molar-refractivity contribution in [2.75, 3.05) is 0 Å². The summed E-state index contributed by atoms with van der Waals surface area (Å²) in [5.74, 6) is 2.13. The van der Waals surface area contributed by atoms with Crippen LogP contribution in [0.3, 0.4) is 0 Å². The summed E-state index contributed by atoms with van der Waals surface area (Å²) in [6.07, 6.45) is 14.9. The number of allylic oxidation sites excluding steroid dienone is 4. The van der Waals surface area contributed by atoms with Crippen LogP contribution < -0.4 is 0 Å². The Balaban J connectivity index is 0.000000181. The molecule has 4 aliphatic rings. The third-order valence-electron chi connectivity index (χ3n) is 6.39. The first-order valence-corrected chi connectivity index (χ1v) is 10.2. The van der Waals surface area contributed by atoms with Crippen LogP contribution in [0.1, 0.15) is 72.1 Å². The van der Waals surface area contributed by atoms with Crippen LogP contribution >= 0.6 is 0 Å². The predicted molar refractivity (Wildman–Crippen MR) is 107 cm³/mol.